The van der Waals surface area contributed by atoms with Gasteiger partial charge >= 0.3 is 0 Å². The Balaban J connectivity index is 1.79. The maximum absolute atomic E-state index is 10.1. The van der Waals surface area contributed by atoms with E-state index in [1.165, 1.54) is 17.8 Å². The fraction of sp³-hybridized carbons (Fsp3) is 0.727. The van der Waals surface area contributed by atoms with Crippen molar-refractivity contribution in [2.24, 2.45) is 5.92 Å². The first-order valence-corrected chi connectivity index (χ1v) is 5.81. The highest BCUT2D eigenvalue weighted by atomic mass is 16.3. The SMILES string of the molecule is OC(c1nc2c([nH]1)CCC2)C1CCNC1. The Bertz CT molecular complexity index is 333. The number of aliphatic hydroxyl groups is 1. The van der Waals surface area contributed by atoms with Crippen molar-refractivity contribution in [2.45, 2.75) is 31.8 Å². The molecule has 0 radical (unpaired) electrons. The Hall–Kier alpha value is -0.870. The molecular weight excluding hydrogens is 190 g/mol. The van der Waals surface area contributed by atoms with Crippen molar-refractivity contribution in [3.63, 3.8) is 0 Å². The van der Waals surface area contributed by atoms with Gasteiger partial charge in [-0.15, -0.1) is 0 Å². The molecule has 1 aliphatic heterocycles. The van der Waals surface area contributed by atoms with E-state index in [9.17, 15) is 5.11 Å². The van der Waals surface area contributed by atoms with Crippen molar-refractivity contribution < 1.29 is 5.11 Å². The summed E-state index contributed by atoms with van der Waals surface area (Å²) in [6, 6.07) is 0. The zero-order valence-corrected chi connectivity index (χ0v) is 8.79. The van der Waals surface area contributed by atoms with Gasteiger partial charge in [-0.2, -0.15) is 0 Å². The highest BCUT2D eigenvalue weighted by Gasteiger charge is 2.28. The van der Waals surface area contributed by atoms with E-state index >= 15 is 0 Å². The van der Waals surface area contributed by atoms with Gasteiger partial charge in [-0.3, -0.25) is 0 Å². The Kier molecular flexibility index (Phi) is 2.25. The summed E-state index contributed by atoms with van der Waals surface area (Å²) in [7, 11) is 0. The summed E-state index contributed by atoms with van der Waals surface area (Å²) in [6.07, 6.45) is 4.01. The largest absolute Gasteiger partial charge is 0.385 e. The molecule has 2 atom stereocenters. The lowest BCUT2D eigenvalue weighted by Crippen LogP contribution is -2.17. The van der Waals surface area contributed by atoms with Crippen LogP contribution in [0.4, 0.5) is 0 Å². The zero-order valence-electron chi connectivity index (χ0n) is 8.79. The number of aromatic nitrogens is 2. The lowest BCUT2D eigenvalue weighted by atomic mass is 10.0. The van der Waals surface area contributed by atoms with E-state index in [4.69, 9.17) is 0 Å². The Labute approximate surface area is 89.1 Å². The number of aliphatic hydroxyl groups excluding tert-OH is 1. The van der Waals surface area contributed by atoms with Crippen LogP contribution in [0.5, 0.6) is 0 Å². The molecule has 1 saturated heterocycles. The molecule has 82 valence electrons. The number of fused-ring (bicyclic) bond motifs is 1. The lowest BCUT2D eigenvalue weighted by molar-refractivity contribution is 0.110. The van der Waals surface area contributed by atoms with Gasteiger partial charge in [-0.25, -0.2) is 4.98 Å². The monoisotopic (exact) mass is 207 g/mol. The molecule has 0 spiro atoms. The maximum Gasteiger partial charge on any atom is 0.135 e. The van der Waals surface area contributed by atoms with Gasteiger partial charge in [-0.1, -0.05) is 0 Å². The molecular formula is C11H17N3O. The van der Waals surface area contributed by atoms with Crippen molar-refractivity contribution in [1.29, 1.82) is 0 Å². The minimum atomic E-state index is -0.411. The predicted molar refractivity (Wildman–Crippen MR) is 56.5 cm³/mol. The van der Waals surface area contributed by atoms with Crippen molar-refractivity contribution in [3.8, 4) is 0 Å². The number of hydrogen-bond acceptors (Lipinski definition) is 3. The number of aryl methyl sites for hydroxylation is 2. The fourth-order valence-corrected chi connectivity index (χ4v) is 2.62. The van der Waals surface area contributed by atoms with Crippen LogP contribution in [0.25, 0.3) is 0 Å². The van der Waals surface area contributed by atoms with Crippen LogP contribution in [0, 0.1) is 5.92 Å². The average molecular weight is 207 g/mol. The molecule has 0 aromatic carbocycles. The van der Waals surface area contributed by atoms with Crippen LogP contribution in [0.2, 0.25) is 0 Å². The Morgan fingerprint density at radius 3 is 3.07 bits per heavy atom. The molecule has 0 saturated carbocycles. The van der Waals surface area contributed by atoms with E-state index in [-0.39, 0.29) is 0 Å². The quantitative estimate of drug-likeness (QED) is 0.663. The van der Waals surface area contributed by atoms with E-state index in [0.29, 0.717) is 5.92 Å². The number of aromatic amines is 1. The number of rotatable bonds is 2. The molecule has 1 aliphatic carbocycles. The van der Waals surface area contributed by atoms with Crippen molar-refractivity contribution in [3.05, 3.63) is 17.2 Å². The summed E-state index contributed by atoms with van der Waals surface area (Å²) in [4.78, 5) is 7.78. The van der Waals surface area contributed by atoms with Crippen molar-refractivity contribution >= 4 is 0 Å². The van der Waals surface area contributed by atoms with Crippen LogP contribution < -0.4 is 5.32 Å². The molecule has 1 fully saturated rings. The zero-order chi connectivity index (χ0) is 10.3. The van der Waals surface area contributed by atoms with Gasteiger partial charge in [0.25, 0.3) is 0 Å². The Morgan fingerprint density at radius 1 is 1.40 bits per heavy atom. The summed E-state index contributed by atoms with van der Waals surface area (Å²) >= 11 is 0. The molecule has 0 bridgehead atoms. The van der Waals surface area contributed by atoms with E-state index in [1.807, 2.05) is 0 Å². The van der Waals surface area contributed by atoms with Crippen LogP contribution in [-0.4, -0.2) is 28.2 Å². The predicted octanol–water partition coefficient (Wildman–Crippen LogP) is 0.541. The summed E-state index contributed by atoms with van der Waals surface area (Å²) in [6.45, 7) is 1.93. The molecule has 1 aromatic rings. The van der Waals surface area contributed by atoms with E-state index < -0.39 is 6.10 Å². The van der Waals surface area contributed by atoms with Gasteiger partial charge < -0.3 is 15.4 Å². The van der Waals surface area contributed by atoms with Crippen molar-refractivity contribution in [1.82, 2.24) is 15.3 Å². The third kappa shape index (κ3) is 1.58. The highest BCUT2D eigenvalue weighted by molar-refractivity contribution is 5.20. The van der Waals surface area contributed by atoms with Crippen LogP contribution in [0.3, 0.4) is 0 Å². The number of H-pyrrole nitrogens is 1. The molecule has 1 aromatic heterocycles. The summed E-state index contributed by atoms with van der Waals surface area (Å²) in [5, 5.41) is 13.4. The molecule has 2 aliphatic rings. The van der Waals surface area contributed by atoms with Gasteiger partial charge in [0.2, 0.25) is 0 Å². The van der Waals surface area contributed by atoms with Crippen LogP contribution in [0.15, 0.2) is 0 Å². The number of hydrogen-bond donors (Lipinski definition) is 3. The van der Waals surface area contributed by atoms with E-state index in [2.05, 4.69) is 15.3 Å². The standard InChI is InChI=1S/C11H17N3O/c15-10(7-4-5-12-6-7)11-13-8-2-1-3-9(8)14-11/h7,10,12,15H,1-6H2,(H,13,14). The van der Waals surface area contributed by atoms with Crippen LogP contribution in [0.1, 0.15) is 36.2 Å². The third-order valence-corrected chi connectivity index (χ3v) is 3.55. The average Bonchev–Trinajstić information content (AvgIpc) is 2.92. The summed E-state index contributed by atoms with van der Waals surface area (Å²) < 4.78 is 0. The smallest absolute Gasteiger partial charge is 0.135 e. The van der Waals surface area contributed by atoms with E-state index in [0.717, 1.165) is 38.2 Å². The highest BCUT2D eigenvalue weighted by Crippen LogP contribution is 2.28. The first-order valence-electron chi connectivity index (χ1n) is 5.81. The minimum absolute atomic E-state index is 0.330. The second kappa shape index (κ2) is 3.61. The topological polar surface area (TPSA) is 60.9 Å². The molecule has 0 amide bonds. The molecule has 3 N–H and O–H groups in total. The Morgan fingerprint density at radius 2 is 2.33 bits per heavy atom. The van der Waals surface area contributed by atoms with E-state index in [1.54, 1.807) is 0 Å². The fourth-order valence-electron chi connectivity index (χ4n) is 2.62. The number of nitrogens with zero attached hydrogens (tertiary/aromatic N) is 1. The second-order valence-electron chi connectivity index (χ2n) is 4.60. The van der Waals surface area contributed by atoms with Gasteiger partial charge in [0.15, 0.2) is 0 Å². The normalized spacial score (nSPS) is 26.9. The molecule has 2 heterocycles. The summed E-state index contributed by atoms with van der Waals surface area (Å²) in [5.41, 5.74) is 2.42. The van der Waals surface area contributed by atoms with Gasteiger partial charge in [0.05, 0.1) is 5.69 Å². The second-order valence-corrected chi connectivity index (χ2v) is 4.60. The van der Waals surface area contributed by atoms with Crippen molar-refractivity contribution in [2.75, 3.05) is 13.1 Å². The minimum Gasteiger partial charge on any atom is -0.385 e. The van der Waals surface area contributed by atoms with Crippen LogP contribution >= 0.6 is 0 Å². The first kappa shape index (κ1) is 9.36. The number of imidazole rings is 1. The molecule has 4 heteroatoms. The maximum atomic E-state index is 10.1. The molecule has 4 nitrogen and oxygen atoms in total. The van der Waals surface area contributed by atoms with Gasteiger partial charge in [0.1, 0.15) is 11.9 Å². The summed E-state index contributed by atoms with van der Waals surface area (Å²) in [5.74, 6) is 1.12. The first-order chi connectivity index (χ1) is 7.34. The van der Waals surface area contributed by atoms with Gasteiger partial charge in [0, 0.05) is 18.2 Å². The third-order valence-electron chi connectivity index (χ3n) is 3.55. The molecule has 3 rings (SSSR count). The number of nitrogens with one attached hydrogen (secondary N) is 2. The lowest BCUT2D eigenvalue weighted by Gasteiger charge is -2.14. The molecule has 15 heavy (non-hydrogen) atoms. The molecule has 2 unspecified atom stereocenters. The van der Waals surface area contributed by atoms with Gasteiger partial charge in [-0.05, 0) is 32.2 Å². The van der Waals surface area contributed by atoms with Crippen LogP contribution in [-0.2, 0) is 12.8 Å².